The molecule has 0 aromatic carbocycles. The average molecular weight is 198 g/mol. The van der Waals surface area contributed by atoms with Gasteiger partial charge in [-0.1, -0.05) is 19.7 Å². The Morgan fingerprint density at radius 2 is 1.36 bits per heavy atom. The van der Waals surface area contributed by atoms with Gasteiger partial charge in [-0.3, -0.25) is 4.79 Å². The monoisotopic (exact) mass is 198 g/mol. The number of hydrogen-bond donors (Lipinski definition) is 2. The van der Waals surface area contributed by atoms with Crippen molar-refractivity contribution in [2.24, 2.45) is 0 Å². The van der Waals surface area contributed by atoms with Crippen molar-refractivity contribution >= 4 is 17.7 Å². The maximum absolute atomic E-state index is 10.4. The molecular weight excluding hydrogens is 188 g/mol. The topological polar surface area (TPSA) is 91.7 Å². The molecule has 0 radical (unpaired) electrons. The van der Waals surface area contributed by atoms with Crippen LogP contribution in [0.4, 0.5) is 0 Å². The minimum Gasteiger partial charge on any atom is -0.478 e. The highest BCUT2D eigenvalue weighted by Gasteiger charge is 2.09. The van der Waals surface area contributed by atoms with E-state index in [1.807, 2.05) is 0 Å². The molecule has 0 aliphatic rings. The third-order valence-corrected chi connectivity index (χ3v) is 0.916. The lowest BCUT2D eigenvalue weighted by molar-refractivity contribution is -0.134. The normalized spacial score (nSPS) is 7.43. The number of carbonyl (C=O) groups is 3. The van der Waals surface area contributed by atoms with E-state index in [0.717, 1.165) is 12.2 Å². The predicted octanol–water partition coefficient (Wildman–Crippen LogP) is 0.639. The number of aliphatic carboxylic acids is 2. The fourth-order valence-electron chi connectivity index (χ4n) is 0.229. The summed E-state index contributed by atoms with van der Waals surface area (Å²) in [6.45, 7) is 9.06. The van der Waals surface area contributed by atoms with Crippen LogP contribution in [0.5, 0.6) is 0 Å². The minimum absolute atomic E-state index is 0.454. The van der Waals surface area contributed by atoms with Gasteiger partial charge in [0.2, 0.25) is 0 Å². The quantitative estimate of drug-likeness (QED) is 0.393. The Kier molecular flexibility index (Phi) is 7.67. The van der Waals surface area contributed by atoms with Crippen LogP contribution in [-0.2, 0) is 14.4 Å². The first-order valence-electron chi connectivity index (χ1n) is 3.31. The largest absolute Gasteiger partial charge is 0.478 e. The van der Waals surface area contributed by atoms with Crippen molar-refractivity contribution in [3.05, 3.63) is 37.5 Å². The van der Waals surface area contributed by atoms with Crippen LogP contribution in [0.1, 0.15) is 0 Å². The summed E-state index contributed by atoms with van der Waals surface area (Å²) < 4.78 is 0. The zero-order valence-electron chi connectivity index (χ0n) is 7.40. The van der Waals surface area contributed by atoms with E-state index in [1.54, 1.807) is 0 Å². The number of hydrogen-bond acceptors (Lipinski definition) is 3. The first kappa shape index (κ1) is 14.4. The highest BCUT2D eigenvalue weighted by molar-refractivity contribution is 6.20. The molecule has 0 unspecified atom stereocenters. The molecule has 0 aliphatic carbocycles. The van der Waals surface area contributed by atoms with Gasteiger partial charge in [-0.15, -0.1) is 0 Å². The summed E-state index contributed by atoms with van der Waals surface area (Å²) in [5.41, 5.74) is -0.454. The van der Waals surface area contributed by atoms with E-state index >= 15 is 0 Å². The minimum atomic E-state index is -1.31. The zero-order valence-corrected chi connectivity index (χ0v) is 7.40. The van der Waals surface area contributed by atoms with Crippen LogP contribution in [0, 0.1) is 0 Å². The van der Waals surface area contributed by atoms with Crippen LogP contribution in [0.25, 0.3) is 0 Å². The molecule has 14 heavy (non-hydrogen) atoms. The molecule has 0 spiro atoms. The van der Waals surface area contributed by atoms with Crippen molar-refractivity contribution in [1.82, 2.24) is 0 Å². The molecule has 0 atom stereocenters. The lowest BCUT2D eigenvalue weighted by atomic mass is 10.2. The highest BCUT2D eigenvalue weighted by Crippen LogP contribution is 1.91. The number of carbonyl (C=O) groups excluding carboxylic acids is 1. The van der Waals surface area contributed by atoms with E-state index in [9.17, 15) is 14.4 Å². The van der Waals surface area contributed by atoms with E-state index in [1.165, 1.54) is 0 Å². The Morgan fingerprint density at radius 1 is 1.00 bits per heavy atom. The van der Waals surface area contributed by atoms with Crippen molar-refractivity contribution in [3.8, 4) is 0 Å². The molecule has 0 amide bonds. The van der Waals surface area contributed by atoms with Crippen LogP contribution >= 0.6 is 0 Å². The van der Waals surface area contributed by atoms with Gasteiger partial charge in [-0.25, -0.2) is 9.59 Å². The van der Waals surface area contributed by atoms with Crippen LogP contribution in [0.3, 0.4) is 0 Å². The standard InChI is InChI=1S/C6H6O3.C3H4O2/c1-3-5(7)4(2)6(8)9;1-2-3(4)5/h3H,1-2H2,(H,8,9);2H,1H2,(H,4,5). The Bertz CT molecular complexity index is 288. The van der Waals surface area contributed by atoms with Crippen molar-refractivity contribution in [2.45, 2.75) is 0 Å². The van der Waals surface area contributed by atoms with Crippen LogP contribution in [0.2, 0.25) is 0 Å². The maximum atomic E-state index is 10.4. The lowest BCUT2D eigenvalue weighted by Gasteiger charge is -1.88. The van der Waals surface area contributed by atoms with Gasteiger partial charge in [-0.2, -0.15) is 0 Å². The van der Waals surface area contributed by atoms with Gasteiger partial charge in [0.25, 0.3) is 0 Å². The van der Waals surface area contributed by atoms with E-state index in [0.29, 0.717) is 0 Å². The fraction of sp³-hybridized carbons (Fsp3) is 0. The van der Waals surface area contributed by atoms with Crippen molar-refractivity contribution < 1.29 is 24.6 Å². The molecule has 0 aromatic heterocycles. The van der Waals surface area contributed by atoms with Crippen LogP contribution in [0.15, 0.2) is 37.5 Å². The Hall–Kier alpha value is -2.17. The molecule has 2 N–H and O–H groups in total. The molecule has 0 saturated carbocycles. The van der Waals surface area contributed by atoms with Gasteiger partial charge in [0, 0.05) is 6.08 Å². The Balaban J connectivity index is 0. The number of ketones is 1. The van der Waals surface area contributed by atoms with Gasteiger partial charge in [0.1, 0.15) is 0 Å². The Morgan fingerprint density at radius 3 is 1.43 bits per heavy atom. The second-order valence-corrected chi connectivity index (χ2v) is 1.89. The van der Waals surface area contributed by atoms with E-state index in [-0.39, 0.29) is 0 Å². The van der Waals surface area contributed by atoms with E-state index in [4.69, 9.17) is 10.2 Å². The summed E-state index contributed by atoms with van der Waals surface area (Å²) in [5, 5.41) is 15.7. The predicted molar refractivity (Wildman–Crippen MR) is 49.8 cm³/mol. The summed E-state index contributed by atoms with van der Waals surface area (Å²) >= 11 is 0. The first-order valence-corrected chi connectivity index (χ1v) is 3.31. The van der Waals surface area contributed by atoms with Crippen molar-refractivity contribution in [3.63, 3.8) is 0 Å². The molecule has 0 rings (SSSR count). The molecule has 0 saturated heterocycles. The van der Waals surface area contributed by atoms with Crippen molar-refractivity contribution in [2.75, 3.05) is 0 Å². The number of rotatable bonds is 4. The number of carboxylic acids is 2. The van der Waals surface area contributed by atoms with Gasteiger partial charge in [0.05, 0.1) is 5.57 Å². The van der Waals surface area contributed by atoms with E-state index < -0.39 is 23.3 Å². The molecular formula is C9H10O5. The van der Waals surface area contributed by atoms with Gasteiger partial charge in [-0.05, 0) is 6.08 Å². The third kappa shape index (κ3) is 7.93. The smallest absolute Gasteiger partial charge is 0.339 e. The average Bonchev–Trinajstić information content (AvgIpc) is 2.16. The number of carboxylic acid groups (broad SMARTS) is 2. The van der Waals surface area contributed by atoms with Gasteiger partial charge in [0.15, 0.2) is 5.78 Å². The summed E-state index contributed by atoms with van der Waals surface area (Å²) in [4.78, 5) is 29.5. The maximum Gasteiger partial charge on any atom is 0.339 e. The molecule has 0 aromatic rings. The second kappa shape index (κ2) is 7.48. The first-order chi connectivity index (χ1) is 6.36. The summed E-state index contributed by atoms with van der Waals surface area (Å²) in [7, 11) is 0. The van der Waals surface area contributed by atoms with Crippen LogP contribution in [-0.4, -0.2) is 27.9 Å². The van der Waals surface area contributed by atoms with Gasteiger partial charge < -0.3 is 10.2 Å². The molecule has 0 bridgehead atoms. The third-order valence-electron chi connectivity index (χ3n) is 0.916. The lowest BCUT2D eigenvalue weighted by Crippen LogP contribution is -2.07. The molecule has 5 heteroatoms. The summed E-state index contributed by atoms with van der Waals surface area (Å²) in [6.07, 6.45) is 1.75. The highest BCUT2D eigenvalue weighted by atomic mass is 16.4. The van der Waals surface area contributed by atoms with Gasteiger partial charge >= 0.3 is 11.9 Å². The summed E-state index contributed by atoms with van der Waals surface area (Å²) in [6, 6.07) is 0. The fourth-order valence-corrected chi connectivity index (χ4v) is 0.229. The zero-order chi connectivity index (χ0) is 11.7. The molecule has 5 nitrogen and oxygen atoms in total. The molecule has 0 fully saturated rings. The second-order valence-electron chi connectivity index (χ2n) is 1.89. The van der Waals surface area contributed by atoms with Crippen molar-refractivity contribution in [1.29, 1.82) is 0 Å². The Labute approximate surface area is 80.7 Å². The summed E-state index contributed by atoms with van der Waals surface area (Å²) in [5.74, 6) is -2.94. The molecule has 0 heterocycles. The molecule has 76 valence electrons. The molecule has 0 aliphatic heterocycles. The number of allylic oxidation sites excluding steroid dienone is 1. The van der Waals surface area contributed by atoms with E-state index in [2.05, 4.69) is 19.7 Å². The van der Waals surface area contributed by atoms with Crippen LogP contribution < -0.4 is 0 Å². The SMILES string of the molecule is C=CC(=O)C(=C)C(=O)O.C=CC(=O)O.